The number of aliphatic hydroxyl groups is 2. The first-order chi connectivity index (χ1) is 27.4. The Labute approximate surface area is 354 Å². The third-order valence-electron chi connectivity index (χ3n) is 13.3. The highest BCUT2D eigenvalue weighted by Crippen LogP contribution is 2.70. The number of aliphatic hydroxyl groups excluding tert-OH is 1. The van der Waals surface area contributed by atoms with Gasteiger partial charge in [0.15, 0.2) is 18.0 Å². The standard InChI is InChI=1S/C45H63NO13.CH4/c1-13-32-55-30-20-31-45(22-53-31,58-26(6)47)35-37(57-38(49)27-17-15-14-16-18-27)44(42(10,11)52)21-29(24(4)33(44)25(5)36(56-32)43(30,35)12)54-39(50)34(48)28(19-23(2)3)46-40(51)59-41(7,8)9;/h13-18,23,25,28-32,34-37,48,52H,1,19-22H2,2-12H3,(H,46,51);1H4/t25-,28?,29?,30-,31+,32+,34+,35-,36-,37-,43+,44-,45-;/m0./s1. The van der Waals surface area contributed by atoms with Crippen molar-refractivity contribution in [2.45, 2.75) is 169 Å². The van der Waals surface area contributed by atoms with Crippen LogP contribution in [0, 0.1) is 28.6 Å². The van der Waals surface area contributed by atoms with E-state index in [0.717, 1.165) is 0 Å². The van der Waals surface area contributed by atoms with E-state index >= 15 is 0 Å². The van der Waals surface area contributed by atoms with Crippen LogP contribution in [0.15, 0.2) is 54.1 Å². The molecule has 0 radical (unpaired) electrons. The van der Waals surface area contributed by atoms with E-state index in [1.807, 2.05) is 27.7 Å². The normalized spacial score (nSPS) is 35.4. The Morgan fingerprint density at radius 2 is 1.70 bits per heavy atom. The van der Waals surface area contributed by atoms with E-state index in [-0.39, 0.29) is 38.4 Å². The zero-order valence-electron chi connectivity index (χ0n) is 36.2. The molecule has 5 aliphatic rings. The van der Waals surface area contributed by atoms with Gasteiger partial charge in [-0.3, -0.25) is 4.79 Å². The molecule has 1 aromatic rings. The molecule has 0 spiro atoms. The molecule has 14 heteroatoms. The Morgan fingerprint density at radius 1 is 1.05 bits per heavy atom. The fourth-order valence-electron chi connectivity index (χ4n) is 11.1. The number of hydrogen-bond acceptors (Lipinski definition) is 13. The van der Waals surface area contributed by atoms with Gasteiger partial charge in [0.1, 0.15) is 23.9 Å². The second-order valence-corrected chi connectivity index (χ2v) is 19.3. The molecule has 14 nitrogen and oxygen atoms in total. The number of fused-ring (bicyclic) bond motifs is 3. The topological polar surface area (TPSA) is 185 Å². The van der Waals surface area contributed by atoms with E-state index in [2.05, 4.69) is 11.9 Å². The minimum absolute atomic E-state index is 0. The summed E-state index contributed by atoms with van der Waals surface area (Å²) in [5, 5.41) is 27.0. The Bertz CT molecular complexity index is 1830. The number of hydrogen-bond donors (Lipinski definition) is 3. The molecule has 13 atom stereocenters. The summed E-state index contributed by atoms with van der Waals surface area (Å²) >= 11 is 0. The predicted molar refractivity (Wildman–Crippen MR) is 220 cm³/mol. The number of ether oxygens (including phenoxy) is 7. The lowest BCUT2D eigenvalue weighted by Crippen LogP contribution is -2.80. The highest BCUT2D eigenvalue weighted by Gasteiger charge is 2.80. The summed E-state index contributed by atoms with van der Waals surface area (Å²) in [6.07, 6.45) is -5.55. The van der Waals surface area contributed by atoms with Gasteiger partial charge in [-0.1, -0.05) is 59.9 Å². The van der Waals surface area contributed by atoms with Crippen LogP contribution in [0.3, 0.4) is 0 Å². The molecule has 2 aliphatic heterocycles. The van der Waals surface area contributed by atoms with E-state index in [0.29, 0.717) is 17.6 Å². The zero-order chi connectivity index (χ0) is 43.6. The van der Waals surface area contributed by atoms with Gasteiger partial charge in [0.25, 0.3) is 0 Å². The van der Waals surface area contributed by atoms with Crippen LogP contribution in [-0.4, -0.2) is 107 Å². The molecule has 1 amide bonds. The van der Waals surface area contributed by atoms with E-state index in [1.165, 1.54) is 6.92 Å². The maximum Gasteiger partial charge on any atom is 0.407 e. The van der Waals surface area contributed by atoms with Crippen LogP contribution in [-0.2, 0) is 42.7 Å². The molecule has 3 aliphatic carbocycles. The molecule has 0 bridgehead atoms. The number of carbonyl (C=O) groups is 4. The first-order valence-electron chi connectivity index (χ1n) is 20.7. The summed E-state index contributed by atoms with van der Waals surface area (Å²) in [5.74, 6) is -3.69. The minimum Gasteiger partial charge on any atom is -0.457 e. The van der Waals surface area contributed by atoms with Crippen molar-refractivity contribution in [1.82, 2.24) is 5.32 Å². The zero-order valence-corrected chi connectivity index (χ0v) is 36.2. The van der Waals surface area contributed by atoms with Gasteiger partial charge < -0.3 is 48.7 Å². The van der Waals surface area contributed by atoms with E-state index in [4.69, 9.17) is 33.2 Å². The molecule has 4 fully saturated rings. The summed E-state index contributed by atoms with van der Waals surface area (Å²) in [6, 6.07) is 7.43. The van der Waals surface area contributed by atoms with E-state index in [9.17, 15) is 29.4 Å². The molecular formula is C46H67NO13. The van der Waals surface area contributed by atoms with Crippen LogP contribution in [0.4, 0.5) is 4.79 Å². The number of amides is 1. The van der Waals surface area contributed by atoms with Gasteiger partial charge in [-0.2, -0.15) is 0 Å². The van der Waals surface area contributed by atoms with Crippen LogP contribution >= 0.6 is 0 Å². The van der Waals surface area contributed by atoms with Crippen molar-refractivity contribution < 1.29 is 62.5 Å². The number of carbonyl (C=O) groups excluding carboxylic acids is 4. The molecule has 2 saturated carbocycles. The molecule has 6 rings (SSSR count). The first kappa shape index (κ1) is 47.2. The number of esters is 3. The van der Waals surface area contributed by atoms with Gasteiger partial charge in [0.05, 0.1) is 47.4 Å². The summed E-state index contributed by atoms with van der Waals surface area (Å²) in [7, 11) is 0. The van der Waals surface area contributed by atoms with Gasteiger partial charge in [-0.25, -0.2) is 14.4 Å². The molecule has 2 unspecified atom stereocenters. The highest BCUT2D eigenvalue weighted by molar-refractivity contribution is 5.89. The minimum atomic E-state index is -1.79. The van der Waals surface area contributed by atoms with Gasteiger partial charge >= 0.3 is 24.0 Å². The summed E-state index contributed by atoms with van der Waals surface area (Å²) in [6.45, 7) is 23.2. The summed E-state index contributed by atoms with van der Waals surface area (Å²) in [4.78, 5) is 54.6. The van der Waals surface area contributed by atoms with Crippen LogP contribution in [0.5, 0.6) is 0 Å². The Morgan fingerprint density at radius 3 is 2.23 bits per heavy atom. The van der Waals surface area contributed by atoms with Gasteiger partial charge in [0, 0.05) is 31.1 Å². The van der Waals surface area contributed by atoms with Crippen molar-refractivity contribution in [1.29, 1.82) is 0 Å². The molecule has 0 aromatic heterocycles. The van der Waals surface area contributed by atoms with Crippen molar-refractivity contribution >= 4 is 24.0 Å². The molecular weight excluding hydrogens is 774 g/mol. The Kier molecular flexibility index (Phi) is 13.2. The fourth-order valence-corrected chi connectivity index (χ4v) is 11.1. The average molecular weight is 842 g/mol. The maximum absolute atomic E-state index is 14.5. The Balaban J connectivity index is 0.00000683. The third-order valence-corrected chi connectivity index (χ3v) is 13.3. The SMILES string of the molecule is C.C=C[C@@H]1O[C@H]2C[C@H]3OC[C@@]3(OC(C)=O)[C@H]3[C@H](OC(=O)c4ccccc4)[C@]4(C(C)(C)O)CC(OC(=O)[C@H](O)C(CC(C)C)NC(=O)OC(C)(C)C)C(C)=C4[C@H](C)[C@H](O1)[C@]23C. The van der Waals surface area contributed by atoms with Gasteiger partial charge in [-0.15, -0.1) is 0 Å². The van der Waals surface area contributed by atoms with Crippen LogP contribution in [0.2, 0.25) is 0 Å². The van der Waals surface area contributed by atoms with Crippen molar-refractivity contribution in [3.05, 3.63) is 59.7 Å². The first-order valence-corrected chi connectivity index (χ1v) is 20.7. The van der Waals surface area contributed by atoms with Crippen LogP contribution in [0.1, 0.15) is 113 Å². The van der Waals surface area contributed by atoms with Gasteiger partial charge in [0.2, 0.25) is 0 Å². The molecule has 60 heavy (non-hydrogen) atoms. The lowest BCUT2D eigenvalue weighted by Gasteiger charge is -2.67. The molecule has 1 aromatic carbocycles. The Hall–Kier alpha value is -3.82. The van der Waals surface area contributed by atoms with E-state index < -0.39 is 112 Å². The number of alkyl carbamates (subject to hydrolysis) is 1. The number of nitrogens with one attached hydrogen (secondary N) is 1. The van der Waals surface area contributed by atoms with Crippen molar-refractivity contribution in [3.8, 4) is 0 Å². The van der Waals surface area contributed by atoms with Gasteiger partial charge in [-0.05, 0) is 83.2 Å². The number of rotatable bonds is 11. The third kappa shape index (κ3) is 8.03. The van der Waals surface area contributed by atoms with Crippen molar-refractivity contribution in [2.24, 2.45) is 28.6 Å². The van der Waals surface area contributed by atoms with E-state index in [1.54, 1.807) is 78.0 Å². The van der Waals surface area contributed by atoms with Crippen LogP contribution in [0.25, 0.3) is 0 Å². The molecule has 2 heterocycles. The second-order valence-electron chi connectivity index (χ2n) is 19.3. The lowest BCUT2D eigenvalue weighted by atomic mass is 9.49. The average Bonchev–Trinajstić information content (AvgIpc) is 3.39. The molecule has 2 saturated heterocycles. The fraction of sp³-hybridized carbons (Fsp3) is 0.696. The smallest absolute Gasteiger partial charge is 0.407 e. The monoisotopic (exact) mass is 841 g/mol. The number of benzene rings is 1. The summed E-state index contributed by atoms with van der Waals surface area (Å²) in [5.41, 5.74) is -4.92. The molecule has 334 valence electrons. The maximum atomic E-state index is 14.5. The summed E-state index contributed by atoms with van der Waals surface area (Å²) < 4.78 is 44.4. The van der Waals surface area contributed by atoms with Crippen LogP contribution < -0.4 is 5.32 Å². The largest absolute Gasteiger partial charge is 0.457 e. The second kappa shape index (κ2) is 16.8. The molecule has 3 N–H and O–H groups in total. The quantitative estimate of drug-likeness (QED) is 0.130. The lowest BCUT2D eigenvalue weighted by molar-refractivity contribution is -0.391. The van der Waals surface area contributed by atoms with Crippen molar-refractivity contribution in [3.63, 3.8) is 0 Å². The highest BCUT2D eigenvalue weighted by atomic mass is 16.7. The predicted octanol–water partition coefficient (Wildman–Crippen LogP) is 6.21. The van der Waals surface area contributed by atoms with Crippen molar-refractivity contribution in [2.75, 3.05) is 6.61 Å².